The Bertz CT molecular complexity index is 1180. The predicted molar refractivity (Wildman–Crippen MR) is 126 cm³/mol. The Hall–Kier alpha value is -3.95. The van der Waals surface area contributed by atoms with Gasteiger partial charge in [-0.15, -0.1) is 0 Å². The number of hydrogen-bond acceptors (Lipinski definition) is 8. The molecule has 39 heavy (non-hydrogen) atoms. The van der Waals surface area contributed by atoms with Gasteiger partial charge in [0.25, 0.3) is 0 Å². The number of ether oxygens (including phenoxy) is 2. The van der Waals surface area contributed by atoms with Gasteiger partial charge in [0.1, 0.15) is 6.67 Å². The number of methoxy groups -OCH3 is 1. The largest absolute Gasteiger partial charge is 0.478 e. The summed E-state index contributed by atoms with van der Waals surface area (Å²) in [6.45, 7) is -1.64. The van der Waals surface area contributed by atoms with E-state index in [4.69, 9.17) is 32.3 Å². The van der Waals surface area contributed by atoms with Crippen LogP contribution in [-0.4, -0.2) is 72.7 Å². The number of nitrogens with one attached hydrogen (secondary N) is 1. The molecule has 0 saturated heterocycles. The first-order valence-corrected chi connectivity index (χ1v) is 11.0. The molecule has 0 aromatic heterocycles. The third kappa shape index (κ3) is 9.08. The van der Waals surface area contributed by atoms with Crippen molar-refractivity contribution in [2.45, 2.75) is 12.1 Å². The Morgan fingerprint density at radius 3 is 2.10 bits per heavy atom. The second-order valence-electron chi connectivity index (χ2n) is 7.33. The molecule has 6 N–H and O–H groups in total. The van der Waals surface area contributed by atoms with Gasteiger partial charge in [0, 0.05) is 18.7 Å². The summed E-state index contributed by atoms with van der Waals surface area (Å²) in [5.74, 6) is -7.18. The first-order chi connectivity index (χ1) is 18.2. The van der Waals surface area contributed by atoms with E-state index >= 15 is 0 Å². The number of halogens is 5. The van der Waals surface area contributed by atoms with E-state index in [-0.39, 0.29) is 18.8 Å². The molecule has 0 saturated carbocycles. The molecular weight excluding hydrogens is 560 g/mol. The number of hydrogen-bond donors (Lipinski definition) is 5. The average Bonchev–Trinajstić information content (AvgIpc) is 2.85. The molecule has 16 heteroatoms. The van der Waals surface area contributed by atoms with Gasteiger partial charge in [0.2, 0.25) is 0 Å². The molecule has 2 rings (SSSR count). The molecule has 0 bridgehead atoms. The highest BCUT2D eigenvalue weighted by Gasteiger charge is 2.45. The zero-order valence-corrected chi connectivity index (χ0v) is 20.8. The number of aliphatic carboxylic acids is 3. The number of alkyl halides is 4. The topological polar surface area (TPSA) is 185 Å². The second-order valence-corrected chi connectivity index (χ2v) is 7.73. The molecule has 0 spiro atoms. The fraction of sp³-hybridized carbons (Fsp3) is 0.304. The number of benzene rings is 1. The van der Waals surface area contributed by atoms with Gasteiger partial charge >= 0.3 is 30.1 Å². The molecule has 0 radical (unpaired) electrons. The molecule has 0 amide bonds. The molecule has 1 heterocycles. The number of esters is 1. The van der Waals surface area contributed by atoms with Crippen molar-refractivity contribution in [2.24, 2.45) is 5.73 Å². The molecular formula is C23H23ClF4N2O9. The van der Waals surface area contributed by atoms with Gasteiger partial charge in [-0.05, 0) is 11.6 Å². The van der Waals surface area contributed by atoms with Crippen molar-refractivity contribution in [3.63, 3.8) is 0 Å². The first kappa shape index (κ1) is 33.1. The van der Waals surface area contributed by atoms with E-state index in [0.29, 0.717) is 12.2 Å². The zero-order valence-electron chi connectivity index (χ0n) is 20.1. The van der Waals surface area contributed by atoms with Crippen LogP contribution >= 0.6 is 11.6 Å². The SMILES string of the molecule is COC(=O)C1=C(CF)NC(COCCN)=C(C(=O)O)C1c1cccc(Cl)c1C(F)(F)F.O=C(O)/C=C\C(=O)O. The number of carbonyl (C=O) groups is 4. The third-order valence-corrected chi connectivity index (χ3v) is 5.13. The van der Waals surface area contributed by atoms with Gasteiger partial charge in [0.05, 0.1) is 59.4 Å². The minimum atomic E-state index is -4.99. The molecule has 0 fully saturated rings. The van der Waals surface area contributed by atoms with Crippen LogP contribution in [0.15, 0.2) is 52.9 Å². The maximum atomic E-state index is 13.8. The normalized spacial score (nSPS) is 15.4. The van der Waals surface area contributed by atoms with Crippen molar-refractivity contribution in [3.8, 4) is 0 Å². The minimum Gasteiger partial charge on any atom is -0.478 e. The lowest BCUT2D eigenvalue weighted by Crippen LogP contribution is -2.36. The molecule has 1 unspecified atom stereocenters. The van der Waals surface area contributed by atoms with E-state index in [1.54, 1.807) is 0 Å². The van der Waals surface area contributed by atoms with Crippen molar-refractivity contribution < 1.29 is 61.5 Å². The number of carboxylic acids is 3. The summed E-state index contributed by atoms with van der Waals surface area (Å²) in [6, 6.07) is 3.12. The Balaban J connectivity index is 0.000000824. The monoisotopic (exact) mass is 582 g/mol. The summed E-state index contributed by atoms with van der Waals surface area (Å²) in [4.78, 5) is 43.7. The zero-order chi connectivity index (χ0) is 29.9. The minimum absolute atomic E-state index is 0.00619. The highest BCUT2D eigenvalue weighted by atomic mass is 35.5. The standard InChI is InChI=1S/C19H19ClF4N2O5.C4H4O4/c1-30-18(29)15-11(7-21)26-12(8-31-6-5-25)14(17(27)28)13(15)9-3-2-4-10(20)16(9)19(22,23)24;5-3(6)1-2-4(7)8/h2-4,13,26H,5-8,25H2,1H3,(H,27,28);1-2H,(H,5,6)(H,7,8)/b;2-1-. The van der Waals surface area contributed by atoms with Gasteiger partial charge in [-0.1, -0.05) is 23.7 Å². The highest BCUT2D eigenvalue weighted by molar-refractivity contribution is 6.31. The summed E-state index contributed by atoms with van der Waals surface area (Å²) in [6.07, 6.45) is -3.87. The van der Waals surface area contributed by atoms with Crippen LogP contribution < -0.4 is 11.1 Å². The van der Waals surface area contributed by atoms with E-state index in [9.17, 15) is 41.8 Å². The van der Waals surface area contributed by atoms with E-state index in [0.717, 1.165) is 19.2 Å². The fourth-order valence-corrected chi connectivity index (χ4v) is 3.71. The lowest BCUT2D eigenvalue weighted by Gasteiger charge is -2.32. The average molecular weight is 583 g/mol. The number of carboxylic acid groups (broad SMARTS) is 3. The van der Waals surface area contributed by atoms with E-state index in [1.807, 2.05) is 0 Å². The van der Waals surface area contributed by atoms with Crippen molar-refractivity contribution in [1.29, 1.82) is 0 Å². The van der Waals surface area contributed by atoms with Crippen LogP contribution in [0.2, 0.25) is 5.02 Å². The summed E-state index contributed by atoms with van der Waals surface area (Å²) in [7, 11) is 0.939. The summed E-state index contributed by atoms with van der Waals surface area (Å²) in [5.41, 5.74) is 1.43. The van der Waals surface area contributed by atoms with Crippen molar-refractivity contribution in [1.82, 2.24) is 5.32 Å². The van der Waals surface area contributed by atoms with Crippen LogP contribution in [0.4, 0.5) is 17.6 Å². The number of allylic oxidation sites excluding steroid dienone is 1. The van der Waals surface area contributed by atoms with Crippen LogP contribution in [0.5, 0.6) is 0 Å². The molecule has 1 aliphatic heterocycles. The molecule has 1 atom stereocenters. The van der Waals surface area contributed by atoms with Crippen LogP contribution in [0.1, 0.15) is 17.0 Å². The van der Waals surface area contributed by atoms with Crippen LogP contribution in [-0.2, 0) is 34.8 Å². The quantitative estimate of drug-likeness (QED) is 0.118. The number of nitrogens with two attached hydrogens (primary N) is 1. The molecule has 0 aliphatic carbocycles. The number of rotatable bonds is 10. The number of carbonyl (C=O) groups excluding carboxylic acids is 1. The van der Waals surface area contributed by atoms with Crippen LogP contribution in [0, 0.1) is 0 Å². The smallest absolute Gasteiger partial charge is 0.418 e. The Kier molecular flexibility index (Phi) is 12.6. The molecule has 1 aromatic rings. The highest BCUT2D eigenvalue weighted by Crippen LogP contribution is 2.46. The summed E-state index contributed by atoms with van der Waals surface area (Å²) in [5, 5.41) is 27.2. The molecule has 214 valence electrons. The van der Waals surface area contributed by atoms with E-state index in [1.165, 1.54) is 6.07 Å². The first-order valence-electron chi connectivity index (χ1n) is 10.6. The van der Waals surface area contributed by atoms with Crippen molar-refractivity contribution in [3.05, 3.63) is 69.0 Å². The van der Waals surface area contributed by atoms with Gasteiger partial charge in [0.15, 0.2) is 0 Å². The Morgan fingerprint density at radius 1 is 1.08 bits per heavy atom. The summed E-state index contributed by atoms with van der Waals surface area (Å²) < 4.78 is 65.1. The predicted octanol–water partition coefficient (Wildman–Crippen LogP) is 2.47. The lowest BCUT2D eigenvalue weighted by atomic mass is 9.78. The fourth-order valence-electron chi connectivity index (χ4n) is 3.42. The van der Waals surface area contributed by atoms with Gasteiger partial charge in [-0.3, -0.25) is 0 Å². The second kappa shape index (κ2) is 14.8. The Labute approximate surface area is 223 Å². The maximum absolute atomic E-state index is 13.8. The lowest BCUT2D eigenvalue weighted by molar-refractivity contribution is -0.140. The summed E-state index contributed by atoms with van der Waals surface area (Å²) >= 11 is 5.79. The van der Waals surface area contributed by atoms with Crippen molar-refractivity contribution >= 4 is 35.5 Å². The third-order valence-electron chi connectivity index (χ3n) is 4.82. The number of dihydropyridines is 1. The van der Waals surface area contributed by atoms with Gasteiger partial charge < -0.3 is 35.8 Å². The van der Waals surface area contributed by atoms with Crippen LogP contribution in [0.3, 0.4) is 0 Å². The maximum Gasteiger partial charge on any atom is 0.418 e. The van der Waals surface area contributed by atoms with E-state index < -0.39 is 82.2 Å². The van der Waals surface area contributed by atoms with E-state index in [2.05, 4.69) is 10.1 Å². The molecule has 1 aliphatic rings. The molecule has 1 aromatic carbocycles. The van der Waals surface area contributed by atoms with Gasteiger partial charge in [-0.2, -0.15) is 13.2 Å². The molecule has 11 nitrogen and oxygen atoms in total. The van der Waals surface area contributed by atoms with Crippen LogP contribution in [0.25, 0.3) is 0 Å². The van der Waals surface area contributed by atoms with Gasteiger partial charge in [-0.25, -0.2) is 23.6 Å². The van der Waals surface area contributed by atoms with Crippen molar-refractivity contribution in [2.75, 3.05) is 33.5 Å². The Morgan fingerprint density at radius 2 is 1.67 bits per heavy atom.